The molecule has 2 rings (SSSR count). The summed E-state index contributed by atoms with van der Waals surface area (Å²) in [5.74, 6) is 0.924. The second-order valence-electron chi connectivity index (χ2n) is 5.79. The van der Waals surface area contributed by atoms with Crippen molar-refractivity contribution in [3.63, 3.8) is 0 Å². The van der Waals surface area contributed by atoms with E-state index in [2.05, 4.69) is 24.2 Å². The zero-order chi connectivity index (χ0) is 11.4. The molecule has 1 saturated carbocycles. The van der Waals surface area contributed by atoms with Crippen LogP contribution in [-0.4, -0.2) is 37.1 Å². The lowest BCUT2D eigenvalue weighted by molar-refractivity contribution is 0.0954. The number of nitrogens with one attached hydrogen (secondary N) is 1. The highest BCUT2D eigenvalue weighted by Crippen LogP contribution is 2.27. The summed E-state index contributed by atoms with van der Waals surface area (Å²) in [6.07, 6.45) is 9.99. The van der Waals surface area contributed by atoms with E-state index < -0.39 is 0 Å². The van der Waals surface area contributed by atoms with Gasteiger partial charge in [-0.25, -0.2) is 0 Å². The lowest BCUT2D eigenvalue weighted by Gasteiger charge is -2.40. The lowest BCUT2D eigenvalue weighted by atomic mass is 9.87. The van der Waals surface area contributed by atoms with Gasteiger partial charge in [0.05, 0.1) is 0 Å². The maximum Gasteiger partial charge on any atom is 0.00960 e. The molecule has 0 spiro atoms. The third kappa shape index (κ3) is 2.98. The van der Waals surface area contributed by atoms with E-state index in [1.807, 2.05) is 0 Å². The summed E-state index contributed by atoms with van der Waals surface area (Å²) in [7, 11) is 2.36. The van der Waals surface area contributed by atoms with E-state index in [0.717, 1.165) is 18.0 Å². The van der Waals surface area contributed by atoms with E-state index in [1.165, 1.54) is 58.0 Å². The molecule has 0 radical (unpaired) electrons. The molecular formula is C14H28N2. The number of hydrogen-bond donors (Lipinski definition) is 1. The van der Waals surface area contributed by atoms with E-state index in [0.29, 0.717) is 0 Å². The number of nitrogens with zero attached hydrogens (tertiary/aromatic N) is 1. The molecule has 1 atom stereocenters. The number of hydrogen-bond acceptors (Lipinski definition) is 2. The molecule has 2 aliphatic rings. The van der Waals surface area contributed by atoms with E-state index >= 15 is 0 Å². The highest BCUT2D eigenvalue weighted by Gasteiger charge is 2.27. The molecule has 2 nitrogen and oxygen atoms in total. The van der Waals surface area contributed by atoms with E-state index in [1.54, 1.807) is 0 Å². The Morgan fingerprint density at radius 3 is 2.25 bits per heavy atom. The molecule has 0 aromatic rings. The second kappa shape index (κ2) is 6.02. The summed E-state index contributed by atoms with van der Waals surface area (Å²) in [4.78, 5) is 2.69. The molecule has 0 aromatic heterocycles. The molecule has 0 bridgehead atoms. The van der Waals surface area contributed by atoms with Gasteiger partial charge in [0, 0.05) is 12.1 Å². The van der Waals surface area contributed by atoms with Crippen LogP contribution in [0, 0.1) is 5.92 Å². The first-order valence-electron chi connectivity index (χ1n) is 7.21. The lowest BCUT2D eigenvalue weighted by Crippen LogP contribution is -2.46. The van der Waals surface area contributed by atoms with E-state index in [-0.39, 0.29) is 0 Å². The van der Waals surface area contributed by atoms with E-state index in [9.17, 15) is 0 Å². The van der Waals surface area contributed by atoms with Crippen LogP contribution in [0.2, 0.25) is 0 Å². The highest BCUT2D eigenvalue weighted by molar-refractivity contribution is 4.83. The zero-order valence-electron chi connectivity index (χ0n) is 11.0. The third-order valence-electron chi connectivity index (χ3n) is 4.86. The van der Waals surface area contributed by atoms with Gasteiger partial charge in [0.15, 0.2) is 0 Å². The van der Waals surface area contributed by atoms with Crippen molar-refractivity contribution in [2.24, 2.45) is 5.92 Å². The minimum absolute atomic E-state index is 0.783. The number of piperidine rings is 1. The SMILES string of the molecule is CC(C1CCNCC1)N(C)C1CCCCC1. The Bertz CT molecular complexity index is 171. The Labute approximate surface area is 101 Å². The van der Waals surface area contributed by atoms with Crippen molar-refractivity contribution in [2.45, 2.75) is 64.0 Å². The maximum atomic E-state index is 3.47. The Morgan fingerprint density at radius 1 is 1.00 bits per heavy atom. The summed E-state index contributed by atoms with van der Waals surface area (Å²) in [6, 6.07) is 1.66. The van der Waals surface area contributed by atoms with Crippen LogP contribution in [0.4, 0.5) is 0 Å². The van der Waals surface area contributed by atoms with Gasteiger partial charge in [-0.05, 0) is 58.7 Å². The first kappa shape index (κ1) is 12.4. The average Bonchev–Trinajstić information content (AvgIpc) is 2.39. The Balaban J connectivity index is 1.84. The molecule has 2 fully saturated rings. The van der Waals surface area contributed by atoms with Crippen LogP contribution < -0.4 is 5.32 Å². The second-order valence-corrected chi connectivity index (χ2v) is 5.79. The van der Waals surface area contributed by atoms with Gasteiger partial charge >= 0.3 is 0 Å². The molecule has 94 valence electrons. The van der Waals surface area contributed by atoms with Gasteiger partial charge in [-0.2, -0.15) is 0 Å². The van der Waals surface area contributed by atoms with Crippen molar-refractivity contribution >= 4 is 0 Å². The van der Waals surface area contributed by atoms with Crippen LogP contribution in [0.1, 0.15) is 51.9 Å². The first-order chi connectivity index (χ1) is 7.79. The van der Waals surface area contributed by atoms with Crippen molar-refractivity contribution < 1.29 is 0 Å². The van der Waals surface area contributed by atoms with Crippen molar-refractivity contribution in [3.05, 3.63) is 0 Å². The molecule has 1 aliphatic heterocycles. The van der Waals surface area contributed by atoms with Gasteiger partial charge in [-0.3, -0.25) is 0 Å². The van der Waals surface area contributed by atoms with Crippen LogP contribution in [-0.2, 0) is 0 Å². The molecule has 1 aliphatic carbocycles. The molecule has 1 N–H and O–H groups in total. The summed E-state index contributed by atoms with van der Waals surface area (Å²) < 4.78 is 0. The number of rotatable bonds is 3. The van der Waals surface area contributed by atoms with Gasteiger partial charge in [0.25, 0.3) is 0 Å². The summed E-state index contributed by atoms with van der Waals surface area (Å²) in [5.41, 5.74) is 0. The summed E-state index contributed by atoms with van der Waals surface area (Å²) in [5, 5.41) is 3.47. The van der Waals surface area contributed by atoms with Crippen molar-refractivity contribution in [1.82, 2.24) is 10.2 Å². The normalized spacial score (nSPS) is 27.2. The molecular weight excluding hydrogens is 196 g/mol. The van der Waals surface area contributed by atoms with Gasteiger partial charge < -0.3 is 10.2 Å². The minimum Gasteiger partial charge on any atom is -0.317 e. The van der Waals surface area contributed by atoms with Gasteiger partial charge in [-0.1, -0.05) is 19.3 Å². The molecule has 0 amide bonds. The van der Waals surface area contributed by atoms with Crippen molar-refractivity contribution in [3.8, 4) is 0 Å². The van der Waals surface area contributed by atoms with Crippen molar-refractivity contribution in [1.29, 1.82) is 0 Å². The monoisotopic (exact) mass is 224 g/mol. The third-order valence-corrected chi connectivity index (χ3v) is 4.86. The Morgan fingerprint density at radius 2 is 1.62 bits per heavy atom. The smallest absolute Gasteiger partial charge is 0.00960 e. The van der Waals surface area contributed by atoms with E-state index in [4.69, 9.17) is 0 Å². The van der Waals surface area contributed by atoms with Gasteiger partial charge in [0.2, 0.25) is 0 Å². The van der Waals surface area contributed by atoms with Crippen LogP contribution >= 0.6 is 0 Å². The molecule has 0 aromatic carbocycles. The molecule has 1 unspecified atom stereocenters. The summed E-state index contributed by atoms with van der Waals surface area (Å²) in [6.45, 7) is 4.91. The van der Waals surface area contributed by atoms with Crippen LogP contribution in [0.25, 0.3) is 0 Å². The Hall–Kier alpha value is -0.0800. The fraction of sp³-hybridized carbons (Fsp3) is 1.00. The van der Waals surface area contributed by atoms with Gasteiger partial charge in [-0.15, -0.1) is 0 Å². The molecule has 2 heteroatoms. The molecule has 1 saturated heterocycles. The highest BCUT2D eigenvalue weighted by atomic mass is 15.2. The van der Waals surface area contributed by atoms with Crippen LogP contribution in [0.3, 0.4) is 0 Å². The fourth-order valence-corrected chi connectivity index (χ4v) is 3.48. The topological polar surface area (TPSA) is 15.3 Å². The van der Waals surface area contributed by atoms with Crippen LogP contribution in [0.15, 0.2) is 0 Å². The van der Waals surface area contributed by atoms with Gasteiger partial charge in [0.1, 0.15) is 0 Å². The molecule has 16 heavy (non-hydrogen) atoms. The average molecular weight is 224 g/mol. The fourth-order valence-electron chi connectivity index (χ4n) is 3.48. The largest absolute Gasteiger partial charge is 0.317 e. The Kier molecular flexibility index (Phi) is 4.66. The first-order valence-corrected chi connectivity index (χ1v) is 7.21. The zero-order valence-corrected chi connectivity index (χ0v) is 11.0. The standard InChI is InChI=1S/C14H28N2/c1-12(13-8-10-15-11-9-13)16(2)14-6-4-3-5-7-14/h12-15H,3-11H2,1-2H3. The van der Waals surface area contributed by atoms with Crippen LogP contribution in [0.5, 0.6) is 0 Å². The molecule has 1 heterocycles. The van der Waals surface area contributed by atoms with Crippen molar-refractivity contribution in [2.75, 3.05) is 20.1 Å². The quantitative estimate of drug-likeness (QED) is 0.793. The predicted octanol–water partition coefficient (Wildman–Crippen LogP) is 2.64. The minimum atomic E-state index is 0.783. The summed E-state index contributed by atoms with van der Waals surface area (Å²) >= 11 is 0. The predicted molar refractivity (Wildman–Crippen MR) is 69.7 cm³/mol. The maximum absolute atomic E-state index is 3.47.